The molecular weight excluding hydrogens is 291 g/mol. The van der Waals surface area contributed by atoms with Crippen molar-refractivity contribution in [1.29, 1.82) is 0 Å². The molecule has 0 N–H and O–H groups in total. The maximum absolute atomic E-state index is 12.3. The molecule has 0 aliphatic heterocycles. The van der Waals surface area contributed by atoms with E-state index in [4.69, 9.17) is 23.2 Å². The average Bonchev–Trinajstić information content (AvgIpc) is 2.36. The molecule has 0 bridgehead atoms. The van der Waals surface area contributed by atoms with Crippen LogP contribution in [0.3, 0.4) is 0 Å². The fourth-order valence-electron chi connectivity index (χ4n) is 1.38. The van der Waals surface area contributed by atoms with E-state index in [0.717, 1.165) is 0 Å². The smallest absolute Gasteiger partial charge is 0.282 e. The highest BCUT2D eigenvalue weighted by Gasteiger charge is 2.31. The molecule has 0 radical (unpaired) electrons. The van der Waals surface area contributed by atoms with E-state index >= 15 is 0 Å². The van der Waals surface area contributed by atoms with Crippen molar-refractivity contribution >= 4 is 34.8 Å². The molecule has 19 heavy (non-hydrogen) atoms. The Kier molecular flexibility index (Phi) is 4.76. The lowest BCUT2D eigenvalue weighted by Crippen LogP contribution is -2.46. The zero-order valence-electron chi connectivity index (χ0n) is 10.8. The second-order valence-electron chi connectivity index (χ2n) is 4.73. The number of halogens is 2. The predicted molar refractivity (Wildman–Crippen MR) is 75.0 cm³/mol. The number of hydrogen-bond acceptors (Lipinski definition) is 3. The first-order valence-electron chi connectivity index (χ1n) is 5.49. The van der Waals surface area contributed by atoms with Gasteiger partial charge in [0.25, 0.3) is 11.6 Å². The summed E-state index contributed by atoms with van der Waals surface area (Å²) in [5.41, 5.74) is -0.931. The van der Waals surface area contributed by atoms with Gasteiger partial charge in [-0.3, -0.25) is 14.9 Å². The zero-order chi connectivity index (χ0) is 14.8. The van der Waals surface area contributed by atoms with Crippen molar-refractivity contribution in [2.24, 2.45) is 0 Å². The number of alkyl halides is 1. The molecule has 1 aromatic carbocycles. The normalized spacial score (nSPS) is 11.2. The van der Waals surface area contributed by atoms with Crippen molar-refractivity contribution in [2.45, 2.75) is 19.4 Å². The number of carbonyl (C=O) groups is 1. The Balaban J connectivity index is 3.26. The van der Waals surface area contributed by atoms with E-state index in [-0.39, 0.29) is 22.2 Å². The van der Waals surface area contributed by atoms with Gasteiger partial charge in [-0.1, -0.05) is 11.6 Å². The molecular formula is C12H14Cl2N2O3. The molecule has 0 unspecified atom stereocenters. The summed E-state index contributed by atoms with van der Waals surface area (Å²) in [5.74, 6) is -0.274. The van der Waals surface area contributed by atoms with Crippen LogP contribution in [0.2, 0.25) is 5.02 Å². The minimum Gasteiger partial charge on any atom is -0.335 e. The third kappa shape index (κ3) is 3.36. The van der Waals surface area contributed by atoms with E-state index in [1.165, 1.54) is 23.1 Å². The topological polar surface area (TPSA) is 63.5 Å². The summed E-state index contributed by atoms with van der Waals surface area (Å²) < 4.78 is 0. The Bertz CT molecular complexity index is 518. The van der Waals surface area contributed by atoms with Gasteiger partial charge in [0.1, 0.15) is 5.56 Å². The van der Waals surface area contributed by atoms with Gasteiger partial charge < -0.3 is 4.90 Å². The van der Waals surface area contributed by atoms with Gasteiger partial charge in [0, 0.05) is 24.0 Å². The Hall–Kier alpha value is -1.33. The molecule has 1 rings (SSSR count). The van der Waals surface area contributed by atoms with Crippen LogP contribution < -0.4 is 0 Å². The molecule has 7 heteroatoms. The number of benzene rings is 1. The summed E-state index contributed by atoms with van der Waals surface area (Å²) in [6.07, 6.45) is 0. The quantitative estimate of drug-likeness (QED) is 0.487. The van der Waals surface area contributed by atoms with Gasteiger partial charge >= 0.3 is 0 Å². The van der Waals surface area contributed by atoms with Crippen molar-refractivity contribution in [2.75, 3.05) is 12.9 Å². The first-order valence-corrected chi connectivity index (χ1v) is 6.40. The summed E-state index contributed by atoms with van der Waals surface area (Å²) in [6.45, 7) is 3.54. The van der Waals surface area contributed by atoms with E-state index in [2.05, 4.69) is 0 Å². The van der Waals surface area contributed by atoms with Crippen molar-refractivity contribution in [3.8, 4) is 0 Å². The average molecular weight is 305 g/mol. The molecule has 0 heterocycles. The van der Waals surface area contributed by atoms with Crippen LogP contribution in [0.5, 0.6) is 0 Å². The monoisotopic (exact) mass is 304 g/mol. The van der Waals surface area contributed by atoms with E-state index < -0.39 is 16.4 Å². The molecule has 0 saturated carbocycles. The maximum atomic E-state index is 12.3. The van der Waals surface area contributed by atoms with E-state index in [9.17, 15) is 14.9 Å². The number of rotatable bonds is 4. The Morgan fingerprint density at radius 2 is 2.05 bits per heavy atom. The summed E-state index contributed by atoms with van der Waals surface area (Å²) >= 11 is 11.6. The maximum Gasteiger partial charge on any atom is 0.282 e. The summed E-state index contributed by atoms with van der Waals surface area (Å²) in [5, 5.41) is 11.2. The molecule has 0 spiro atoms. The number of nitrogens with zero attached hydrogens (tertiary/aromatic N) is 2. The molecule has 0 aliphatic rings. The fourth-order valence-corrected chi connectivity index (χ4v) is 1.74. The van der Waals surface area contributed by atoms with E-state index in [1.807, 2.05) is 0 Å². The molecule has 0 aliphatic carbocycles. The van der Waals surface area contributed by atoms with Gasteiger partial charge in [-0.05, 0) is 26.0 Å². The van der Waals surface area contributed by atoms with Crippen LogP contribution in [0.4, 0.5) is 5.69 Å². The van der Waals surface area contributed by atoms with Gasteiger partial charge in [0.05, 0.1) is 10.5 Å². The van der Waals surface area contributed by atoms with Crippen LogP contribution in [-0.2, 0) is 0 Å². The minimum absolute atomic E-state index is 0.0433. The van der Waals surface area contributed by atoms with Gasteiger partial charge in [-0.25, -0.2) is 0 Å². The van der Waals surface area contributed by atoms with Crippen molar-refractivity contribution in [1.82, 2.24) is 4.90 Å². The zero-order valence-corrected chi connectivity index (χ0v) is 12.3. The lowest BCUT2D eigenvalue weighted by molar-refractivity contribution is -0.385. The number of amides is 1. The van der Waals surface area contributed by atoms with Gasteiger partial charge in [0.15, 0.2) is 0 Å². The number of nitro groups is 1. The van der Waals surface area contributed by atoms with Crippen LogP contribution >= 0.6 is 23.2 Å². The fraction of sp³-hybridized carbons (Fsp3) is 0.417. The lowest BCUT2D eigenvalue weighted by Gasteiger charge is -2.33. The Labute approximate surface area is 121 Å². The van der Waals surface area contributed by atoms with Gasteiger partial charge in [0.2, 0.25) is 0 Å². The van der Waals surface area contributed by atoms with Gasteiger partial charge in [-0.2, -0.15) is 0 Å². The summed E-state index contributed by atoms with van der Waals surface area (Å²) in [6, 6.07) is 3.89. The lowest BCUT2D eigenvalue weighted by atomic mass is 10.0. The first kappa shape index (κ1) is 15.7. The third-order valence-electron chi connectivity index (χ3n) is 2.93. The van der Waals surface area contributed by atoms with Crippen LogP contribution in [0.1, 0.15) is 24.2 Å². The Morgan fingerprint density at radius 3 is 2.53 bits per heavy atom. The number of carbonyl (C=O) groups excluding carboxylic acids is 1. The minimum atomic E-state index is -0.616. The van der Waals surface area contributed by atoms with Crippen LogP contribution in [0.15, 0.2) is 18.2 Å². The molecule has 0 aromatic heterocycles. The van der Waals surface area contributed by atoms with E-state index in [0.29, 0.717) is 0 Å². The molecule has 5 nitrogen and oxygen atoms in total. The molecule has 1 amide bonds. The molecule has 0 saturated heterocycles. The van der Waals surface area contributed by atoms with Crippen molar-refractivity contribution in [3.63, 3.8) is 0 Å². The molecule has 0 fully saturated rings. The SMILES string of the molecule is CN(C(=O)c1cc(Cl)ccc1[N+](=O)[O-])C(C)(C)CCl. The second kappa shape index (κ2) is 5.75. The largest absolute Gasteiger partial charge is 0.335 e. The second-order valence-corrected chi connectivity index (χ2v) is 5.43. The van der Waals surface area contributed by atoms with Crippen molar-refractivity contribution in [3.05, 3.63) is 38.9 Å². The standard InChI is InChI=1S/C12H14Cl2N2O3/c1-12(2,7-13)15(3)11(17)9-6-8(14)4-5-10(9)16(18)19/h4-6H,7H2,1-3H3. The number of nitro benzene ring substituents is 1. The predicted octanol–water partition coefficient (Wildman–Crippen LogP) is 3.34. The molecule has 104 valence electrons. The molecule has 0 atom stereocenters. The van der Waals surface area contributed by atoms with E-state index in [1.54, 1.807) is 20.9 Å². The Morgan fingerprint density at radius 1 is 1.47 bits per heavy atom. The first-order chi connectivity index (χ1) is 8.70. The number of hydrogen-bond donors (Lipinski definition) is 0. The summed E-state index contributed by atoms with van der Waals surface area (Å²) in [4.78, 5) is 24.0. The molecule has 1 aromatic rings. The highest BCUT2D eigenvalue weighted by Crippen LogP contribution is 2.26. The summed E-state index contributed by atoms with van der Waals surface area (Å²) in [7, 11) is 1.55. The highest BCUT2D eigenvalue weighted by molar-refractivity contribution is 6.31. The highest BCUT2D eigenvalue weighted by atomic mass is 35.5. The van der Waals surface area contributed by atoms with Crippen LogP contribution in [-0.4, -0.2) is 34.2 Å². The van der Waals surface area contributed by atoms with Crippen LogP contribution in [0, 0.1) is 10.1 Å². The third-order valence-corrected chi connectivity index (χ3v) is 3.81. The van der Waals surface area contributed by atoms with Gasteiger partial charge in [-0.15, -0.1) is 11.6 Å². The van der Waals surface area contributed by atoms with Crippen molar-refractivity contribution < 1.29 is 9.72 Å². The van der Waals surface area contributed by atoms with Crippen LogP contribution in [0.25, 0.3) is 0 Å².